The number of nitrogens with zero attached hydrogens (tertiary/aromatic N) is 4. The van der Waals surface area contributed by atoms with Gasteiger partial charge in [-0.3, -0.25) is 4.68 Å². The molecule has 0 saturated heterocycles. The number of anilines is 2. The van der Waals surface area contributed by atoms with Gasteiger partial charge in [0.1, 0.15) is 12.1 Å². The quantitative estimate of drug-likeness (QED) is 0.697. The molecule has 0 radical (unpaired) electrons. The number of rotatable bonds is 2. The predicted molar refractivity (Wildman–Crippen MR) is 76.0 cm³/mol. The van der Waals surface area contributed by atoms with Crippen LogP contribution in [-0.2, 0) is 19.4 Å². The van der Waals surface area contributed by atoms with Gasteiger partial charge in [0, 0.05) is 12.7 Å². The predicted octanol–water partition coefficient (Wildman–Crippen LogP) is 4.14. The molecule has 0 saturated carbocycles. The minimum absolute atomic E-state index is 0.0468. The summed E-state index contributed by atoms with van der Waals surface area (Å²) in [5.41, 5.74) is -2.85. The van der Waals surface area contributed by atoms with Crippen LogP contribution in [-0.4, -0.2) is 19.7 Å². The van der Waals surface area contributed by atoms with Gasteiger partial charge in [0.05, 0.1) is 22.7 Å². The van der Waals surface area contributed by atoms with Crippen molar-refractivity contribution in [2.24, 2.45) is 7.05 Å². The van der Waals surface area contributed by atoms with Gasteiger partial charge in [-0.15, -0.1) is 0 Å². The van der Waals surface area contributed by atoms with E-state index in [4.69, 9.17) is 0 Å². The van der Waals surface area contributed by atoms with E-state index in [1.807, 2.05) is 0 Å². The zero-order valence-electron chi connectivity index (χ0n) is 12.4. The fourth-order valence-corrected chi connectivity index (χ4v) is 2.23. The third-order valence-electron chi connectivity index (χ3n) is 3.38. The molecule has 11 heteroatoms. The molecule has 0 atom stereocenters. The van der Waals surface area contributed by atoms with E-state index in [-0.39, 0.29) is 11.9 Å². The Morgan fingerprint density at radius 3 is 2.08 bits per heavy atom. The van der Waals surface area contributed by atoms with Gasteiger partial charge in [0.15, 0.2) is 5.65 Å². The molecule has 0 spiro atoms. The number of hydrogen-bond acceptors (Lipinski definition) is 4. The molecule has 1 aromatic carbocycles. The molecule has 1 N–H and O–H groups in total. The number of benzene rings is 1. The second kappa shape index (κ2) is 5.60. The van der Waals surface area contributed by atoms with Crippen LogP contribution in [0.4, 0.5) is 37.8 Å². The van der Waals surface area contributed by atoms with Gasteiger partial charge < -0.3 is 5.32 Å². The average Bonchev–Trinajstić information content (AvgIpc) is 2.88. The van der Waals surface area contributed by atoms with Crippen molar-refractivity contribution in [3.05, 3.63) is 41.9 Å². The summed E-state index contributed by atoms with van der Waals surface area (Å²) >= 11 is 0. The zero-order chi connectivity index (χ0) is 18.4. The largest absolute Gasteiger partial charge is 0.416 e. The lowest BCUT2D eigenvalue weighted by Gasteiger charge is -2.15. The summed E-state index contributed by atoms with van der Waals surface area (Å²) < 4.78 is 78.8. The summed E-state index contributed by atoms with van der Waals surface area (Å²) in [6, 6.07) is 1.23. The number of aromatic nitrogens is 4. The Balaban J connectivity index is 2.10. The van der Waals surface area contributed by atoms with Crippen LogP contribution >= 0.6 is 0 Å². The Hall–Kier alpha value is -2.85. The van der Waals surface area contributed by atoms with Crippen LogP contribution in [0.1, 0.15) is 11.1 Å². The lowest BCUT2D eigenvalue weighted by Crippen LogP contribution is -2.11. The molecule has 132 valence electrons. The van der Waals surface area contributed by atoms with Crippen LogP contribution in [0.15, 0.2) is 30.7 Å². The second-order valence-electron chi connectivity index (χ2n) is 5.15. The van der Waals surface area contributed by atoms with Gasteiger partial charge >= 0.3 is 12.4 Å². The summed E-state index contributed by atoms with van der Waals surface area (Å²) in [4.78, 5) is 7.81. The summed E-state index contributed by atoms with van der Waals surface area (Å²) in [5.74, 6) is 0.0468. The van der Waals surface area contributed by atoms with Gasteiger partial charge in [-0.2, -0.15) is 31.4 Å². The minimum Gasteiger partial charge on any atom is -0.339 e. The van der Waals surface area contributed by atoms with E-state index in [9.17, 15) is 26.3 Å². The molecule has 0 aliphatic carbocycles. The van der Waals surface area contributed by atoms with E-state index in [1.165, 1.54) is 10.9 Å². The number of aryl methyl sites for hydroxylation is 1. The SMILES string of the molecule is Cn1ncc2c(Nc3cc(C(F)(F)F)cc(C(F)(F)F)c3)ncnc21. The maximum atomic E-state index is 12.9. The van der Waals surface area contributed by atoms with Gasteiger partial charge in [0.2, 0.25) is 0 Å². The van der Waals surface area contributed by atoms with Crippen LogP contribution in [0, 0.1) is 0 Å². The summed E-state index contributed by atoms with van der Waals surface area (Å²) in [7, 11) is 1.59. The maximum absolute atomic E-state index is 12.9. The maximum Gasteiger partial charge on any atom is 0.416 e. The zero-order valence-corrected chi connectivity index (χ0v) is 12.4. The Morgan fingerprint density at radius 1 is 0.920 bits per heavy atom. The highest BCUT2D eigenvalue weighted by Crippen LogP contribution is 2.38. The highest BCUT2D eigenvalue weighted by molar-refractivity contribution is 5.88. The molecule has 0 amide bonds. The van der Waals surface area contributed by atoms with Crippen molar-refractivity contribution in [2.45, 2.75) is 12.4 Å². The first kappa shape index (κ1) is 17.0. The summed E-state index contributed by atoms with van der Waals surface area (Å²) in [6.07, 6.45) is -7.36. The second-order valence-corrected chi connectivity index (χ2v) is 5.15. The van der Waals surface area contributed by atoms with E-state index in [0.717, 1.165) is 6.33 Å². The molecule has 3 aromatic rings. The number of nitrogens with one attached hydrogen (secondary N) is 1. The molecule has 0 unspecified atom stereocenters. The molecule has 0 bridgehead atoms. The molecule has 5 nitrogen and oxygen atoms in total. The Bertz CT molecular complexity index is 895. The van der Waals surface area contributed by atoms with Crippen LogP contribution < -0.4 is 5.32 Å². The first-order valence-corrected chi connectivity index (χ1v) is 6.75. The molecule has 25 heavy (non-hydrogen) atoms. The third kappa shape index (κ3) is 3.35. The van der Waals surface area contributed by atoms with Crippen LogP contribution in [0.3, 0.4) is 0 Å². The van der Waals surface area contributed by atoms with Crippen molar-refractivity contribution in [2.75, 3.05) is 5.32 Å². The van der Waals surface area contributed by atoms with Crippen molar-refractivity contribution < 1.29 is 26.3 Å². The monoisotopic (exact) mass is 361 g/mol. The Kier molecular flexibility index (Phi) is 3.81. The minimum atomic E-state index is -4.92. The van der Waals surface area contributed by atoms with E-state index >= 15 is 0 Å². The number of hydrogen-bond donors (Lipinski definition) is 1. The van der Waals surface area contributed by atoms with Crippen molar-refractivity contribution in [1.29, 1.82) is 0 Å². The van der Waals surface area contributed by atoms with Gasteiger partial charge in [0.25, 0.3) is 0 Å². The van der Waals surface area contributed by atoms with E-state index in [0.29, 0.717) is 23.2 Å². The average molecular weight is 361 g/mol. The number of halogens is 6. The van der Waals surface area contributed by atoms with Crippen molar-refractivity contribution in [3.8, 4) is 0 Å². The molecule has 0 aliphatic rings. The third-order valence-corrected chi connectivity index (χ3v) is 3.38. The Morgan fingerprint density at radius 2 is 1.52 bits per heavy atom. The van der Waals surface area contributed by atoms with Crippen molar-refractivity contribution >= 4 is 22.5 Å². The molecular formula is C14H9F6N5. The highest BCUT2D eigenvalue weighted by atomic mass is 19.4. The van der Waals surface area contributed by atoms with Crippen LogP contribution in [0.25, 0.3) is 11.0 Å². The molecular weight excluding hydrogens is 352 g/mol. The fourth-order valence-electron chi connectivity index (χ4n) is 2.23. The number of alkyl halides is 6. The van der Waals surface area contributed by atoms with Gasteiger partial charge in [-0.25, -0.2) is 9.97 Å². The lowest BCUT2D eigenvalue weighted by molar-refractivity contribution is -0.143. The van der Waals surface area contributed by atoms with Gasteiger partial charge in [-0.05, 0) is 18.2 Å². The van der Waals surface area contributed by atoms with Gasteiger partial charge in [-0.1, -0.05) is 0 Å². The van der Waals surface area contributed by atoms with Crippen LogP contribution in [0.5, 0.6) is 0 Å². The highest BCUT2D eigenvalue weighted by Gasteiger charge is 2.37. The first-order chi connectivity index (χ1) is 11.6. The van der Waals surface area contributed by atoms with Crippen molar-refractivity contribution in [1.82, 2.24) is 19.7 Å². The fraction of sp³-hybridized carbons (Fsp3) is 0.214. The van der Waals surface area contributed by atoms with E-state index in [1.54, 1.807) is 7.05 Å². The lowest BCUT2D eigenvalue weighted by atomic mass is 10.1. The smallest absolute Gasteiger partial charge is 0.339 e. The Labute approximate surface area is 136 Å². The van der Waals surface area contributed by atoms with Crippen LogP contribution in [0.2, 0.25) is 0 Å². The molecule has 0 fully saturated rings. The standard InChI is InChI=1S/C14H9F6N5/c1-25-12-10(5-23-25)11(21-6-22-12)24-9-3-7(13(15,16)17)2-8(4-9)14(18,19)20/h2-6H,1H3,(H,21,22,24). The first-order valence-electron chi connectivity index (χ1n) is 6.75. The topological polar surface area (TPSA) is 55.6 Å². The molecule has 0 aliphatic heterocycles. The summed E-state index contributed by atoms with van der Waals surface area (Å²) in [6.45, 7) is 0. The molecule has 3 rings (SSSR count). The summed E-state index contributed by atoms with van der Waals surface area (Å²) in [5, 5.41) is 6.76. The van der Waals surface area contributed by atoms with Crippen molar-refractivity contribution in [3.63, 3.8) is 0 Å². The van der Waals surface area contributed by atoms with E-state index < -0.39 is 29.2 Å². The number of fused-ring (bicyclic) bond motifs is 1. The molecule has 2 heterocycles. The molecule has 2 aromatic heterocycles. The normalized spacial score (nSPS) is 12.6. The van der Waals surface area contributed by atoms with E-state index in [2.05, 4.69) is 20.4 Å².